The van der Waals surface area contributed by atoms with E-state index >= 15 is 0 Å². The molecule has 0 radical (unpaired) electrons. The van der Waals surface area contributed by atoms with Crippen LogP contribution in [0.15, 0.2) is 48.5 Å². The monoisotopic (exact) mass is 381 g/mol. The van der Waals surface area contributed by atoms with E-state index in [1.807, 2.05) is 36.4 Å². The Bertz CT molecular complexity index is 866. The lowest BCUT2D eigenvalue weighted by Gasteiger charge is -2.36. The van der Waals surface area contributed by atoms with E-state index in [4.69, 9.17) is 15.2 Å². The van der Waals surface area contributed by atoms with E-state index < -0.39 is 23.6 Å². The summed E-state index contributed by atoms with van der Waals surface area (Å²) in [7, 11) is 0. The average molecular weight is 381 g/mol. The molecular formula is C22H23NO5. The molecule has 1 saturated heterocycles. The van der Waals surface area contributed by atoms with Crippen LogP contribution in [-0.2, 0) is 19.1 Å². The van der Waals surface area contributed by atoms with E-state index in [1.54, 1.807) is 0 Å². The van der Waals surface area contributed by atoms with Crippen molar-refractivity contribution < 1.29 is 24.2 Å². The number of rotatable bonds is 5. The number of benzene rings is 2. The standard InChI is InChI=1S/C22H23NO5/c23-19-11-22(9-10-27-19,12-20(24)25)21(26)28-13-18-16-7-3-1-5-14(16)15-6-2-4-8-17(15)18/h1-8,18-19H,9-13,23H2,(H,24,25). The highest BCUT2D eigenvalue weighted by atomic mass is 16.5. The van der Waals surface area contributed by atoms with Gasteiger partial charge < -0.3 is 20.3 Å². The molecule has 0 amide bonds. The number of nitrogens with two attached hydrogens (primary N) is 1. The van der Waals surface area contributed by atoms with Crippen molar-refractivity contribution in [3.63, 3.8) is 0 Å². The van der Waals surface area contributed by atoms with Crippen LogP contribution in [0, 0.1) is 5.41 Å². The second-order valence-corrected chi connectivity index (χ2v) is 7.54. The molecule has 1 aliphatic carbocycles. The highest BCUT2D eigenvalue weighted by Crippen LogP contribution is 2.45. The van der Waals surface area contributed by atoms with Crippen LogP contribution in [0.5, 0.6) is 0 Å². The molecule has 28 heavy (non-hydrogen) atoms. The third kappa shape index (κ3) is 3.30. The molecule has 3 N–H and O–H groups in total. The number of hydrogen-bond acceptors (Lipinski definition) is 5. The van der Waals surface area contributed by atoms with Crippen LogP contribution in [-0.4, -0.2) is 36.5 Å². The molecule has 1 fully saturated rings. The summed E-state index contributed by atoms with van der Waals surface area (Å²) in [6.07, 6.45) is -0.519. The molecule has 6 heteroatoms. The maximum Gasteiger partial charge on any atom is 0.312 e. The Hall–Kier alpha value is -2.70. The van der Waals surface area contributed by atoms with Gasteiger partial charge in [-0.1, -0.05) is 48.5 Å². The fourth-order valence-corrected chi connectivity index (χ4v) is 4.41. The van der Waals surface area contributed by atoms with Gasteiger partial charge in [-0.15, -0.1) is 0 Å². The van der Waals surface area contributed by atoms with Crippen molar-refractivity contribution in [2.24, 2.45) is 11.1 Å². The zero-order valence-electron chi connectivity index (χ0n) is 15.5. The summed E-state index contributed by atoms with van der Waals surface area (Å²) in [6, 6.07) is 16.2. The molecule has 2 aromatic carbocycles. The SMILES string of the molecule is NC1CC(CC(=O)O)(C(=O)OCC2c3ccccc3-c3ccccc32)CCO1. The highest BCUT2D eigenvalue weighted by molar-refractivity contribution is 5.83. The first-order valence-corrected chi connectivity index (χ1v) is 9.45. The number of carbonyl (C=O) groups is 2. The predicted molar refractivity (Wildman–Crippen MR) is 103 cm³/mol. The number of ether oxygens (including phenoxy) is 2. The first kappa shape index (κ1) is 18.7. The number of carbonyl (C=O) groups excluding carboxylic acids is 1. The topological polar surface area (TPSA) is 98.9 Å². The zero-order chi connectivity index (χ0) is 19.7. The van der Waals surface area contributed by atoms with Crippen molar-refractivity contribution in [3.05, 3.63) is 59.7 Å². The second kappa shape index (κ2) is 7.37. The molecule has 6 nitrogen and oxygen atoms in total. The van der Waals surface area contributed by atoms with Crippen molar-refractivity contribution in [1.82, 2.24) is 0 Å². The van der Waals surface area contributed by atoms with E-state index in [2.05, 4.69) is 12.1 Å². The van der Waals surface area contributed by atoms with Gasteiger partial charge in [-0.05, 0) is 28.7 Å². The number of esters is 1. The van der Waals surface area contributed by atoms with Crippen LogP contribution in [0.2, 0.25) is 0 Å². The Balaban J connectivity index is 1.56. The van der Waals surface area contributed by atoms with E-state index in [0.29, 0.717) is 6.42 Å². The molecule has 2 aliphatic rings. The Kier molecular flexibility index (Phi) is 4.91. The Morgan fingerprint density at radius 3 is 2.29 bits per heavy atom. The molecule has 2 aromatic rings. The molecular weight excluding hydrogens is 358 g/mol. The minimum absolute atomic E-state index is 0.0632. The van der Waals surface area contributed by atoms with Gasteiger partial charge in [0.25, 0.3) is 0 Å². The number of hydrogen-bond donors (Lipinski definition) is 2. The van der Waals surface area contributed by atoms with Crippen molar-refractivity contribution in [3.8, 4) is 11.1 Å². The predicted octanol–water partition coefficient (Wildman–Crippen LogP) is 2.90. The van der Waals surface area contributed by atoms with Crippen molar-refractivity contribution >= 4 is 11.9 Å². The fraction of sp³-hybridized carbons (Fsp3) is 0.364. The molecule has 0 saturated carbocycles. The fourth-order valence-electron chi connectivity index (χ4n) is 4.41. The van der Waals surface area contributed by atoms with Crippen LogP contribution in [0.4, 0.5) is 0 Å². The van der Waals surface area contributed by atoms with Crippen LogP contribution in [0.25, 0.3) is 11.1 Å². The molecule has 0 spiro atoms. The van der Waals surface area contributed by atoms with Crippen molar-refractivity contribution in [2.75, 3.05) is 13.2 Å². The third-order valence-corrected chi connectivity index (χ3v) is 5.77. The summed E-state index contributed by atoms with van der Waals surface area (Å²) < 4.78 is 11.0. The Morgan fingerprint density at radius 1 is 1.11 bits per heavy atom. The summed E-state index contributed by atoms with van der Waals surface area (Å²) in [4.78, 5) is 24.4. The maximum absolute atomic E-state index is 13.0. The average Bonchev–Trinajstić information content (AvgIpc) is 2.99. The maximum atomic E-state index is 13.0. The molecule has 0 aromatic heterocycles. The summed E-state index contributed by atoms with van der Waals surface area (Å²) in [5.74, 6) is -1.61. The zero-order valence-corrected chi connectivity index (χ0v) is 15.5. The molecule has 2 unspecified atom stereocenters. The summed E-state index contributed by atoms with van der Waals surface area (Å²) in [5.41, 5.74) is 9.24. The van der Waals surface area contributed by atoms with Gasteiger partial charge in [-0.3, -0.25) is 9.59 Å². The minimum Gasteiger partial charge on any atom is -0.481 e. The molecule has 0 bridgehead atoms. The quantitative estimate of drug-likeness (QED) is 0.773. The normalized spacial score (nSPS) is 23.7. The molecule has 146 valence electrons. The van der Waals surface area contributed by atoms with E-state index in [9.17, 15) is 14.7 Å². The van der Waals surface area contributed by atoms with Gasteiger partial charge in [0.15, 0.2) is 0 Å². The summed E-state index contributed by atoms with van der Waals surface area (Å²) >= 11 is 0. The van der Waals surface area contributed by atoms with Gasteiger partial charge in [0.05, 0.1) is 11.8 Å². The summed E-state index contributed by atoms with van der Waals surface area (Å²) in [5, 5.41) is 9.32. The second-order valence-electron chi connectivity index (χ2n) is 7.54. The van der Waals surface area contributed by atoms with Crippen LogP contribution in [0.1, 0.15) is 36.3 Å². The molecule has 1 heterocycles. The molecule has 4 rings (SSSR count). The van der Waals surface area contributed by atoms with E-state index in [1.165, 1.54) is 0 Å². The van der Waals surface area contributed by atoms with Crippen molar-refractivity contribution in [2.45, 2.75) is 31.4 Å². The largest absolute Gasteiger partial charge is 0.481 e. The summed E-state index contributed by atoms with van der Waals surface area (Å²) in [6.45, 7) is 0.420. The van der Waals surface area contributed by atoms with Crippen molar-refractivity contribution in [1.29, 1.82) is 0 Å². The number of carboxylic acid groups (broad SMARTS) is 1. The molecule has 1 aliphatic heterocycles. The lowest BCUT2D eigenvalue weighted by atomic mass is 9.76. The van der Waals surface area contributed by atoms with E-state index in [0.717, 1.165) is 22.3 Å². The molecule has 2 atom stereocenters. The highest BCUT2D eigenvalue weighted by Gasteiger charge is 2.46. The number of aliphatic carboxylic acids is 1. The first-order chi connectivity index (χ1) is 13.5. The lowest BCUT2D eigenvalue weighted by molar-refractivity contribution is -0.171. The van der Waals surface area contributed by atoms with Crippen LogP contribution in [0.3, 0.4) is 0 Å². The number of fused-ring (bicyclic) bond motifs is 3. The van der Waals surface area contributed by atoms with Crippen LogP contribution < -0.4 is 5.73 Å². The van der Waals surface area contributed by atoms with E-state index in [-0.39, 0.29) is 32.0 Å². The third-order valence-electron chi connectivity index (χ3n) is 5.77. The minimum atomic E-state index is -1.14. The lowest BCUT2D eigenvalue weighted by Crippen LogP contribution is -2.46. The first-order valence-electron chi connectivity index (χ1n) is 9.45. The Labute approximate surface area is 163 Å². The van der Waals surface area contributed by atoms with Gasteiger partial charge in [0.2, 0.25) is 0 Å². The van der Waals surface area contributed by atoms with Crippen LogP contribution >= 0.6 is 0 Å². The van der Waals surface area contributed by atoms with Gasteiger partial charge in [0, 0.05) is 18.9 Å². The van der Waals surface area contributed by atoms with Gasteiger partial charge >= 0.3 is 11.9 Å². The van der Waals surface area contributed by atoms with Gasteiger partial charge in [-0.2, -0.15) is 0 Å². The van der Waals surface area contributed by atoms with Gasteiger partial charge in [0.1, 0.15) is 12.8 Å². The number of carboxylic acids is 1. The Morgan fingerprint density at radius 2 is 1.71 bits per heavy atom. The smallest absolute Gasteiger partial charge is 0.312 e. The van der Waals surface area contributed by atoms with Gasteiger partial charge in [-0.25, -0.2) is 0 Å².